The number of hydrogen-bond donors (Lipinski definition) is 1. The van der Waals surface area contributed by atoms with Crippen LogP contribution in [-0.2, 0) is 13.0 Å². The van der Waals surface area contributed by atoms with Crippen molar-refractivity contribution in [1.29, 1.82) is 0 Å². The van der Waals surface area contributed by atoms with E-state index in [1.165, 1.54) is 54.5 Å². The summed E-state index contributed by atoms with van der Waals surface area (Å²) in [5.41, 5.74) is 1.32. The number of thiazole rings is 1. The Balaban J connectivity index is 2.06. The lowest BCUT2D eigenvalue weighted by atomic mass is 10.0. The van der Waals surface area contributed by atoms with Crippen LogP contribution in [-0.4, -0.2) is 25.1 Å². The first kappa shape index (κ1) is 14.8. The van der Waals surface area contributed by atoms with Gasteiger partial charge in [-0.25, -0.2) is 4.98 Å². The van der Waals surface area contributed by atoms with E-state index < -0.39 is 0 Å². The van der Waals surface area contributed by atoms with Gasteiger partial charge in [0.1, 0.15) is 0 Å². The second-order valence-electron chi connectivity index (χ2n) is 5.54. The number of aryl methyl sites for hydroxylation is 1. The highest BCUT2D eigenvalue weighted by Crippen LogP contribution is 2.32. The van der Waals surface area contributed by atoms with E-state index in [1.807, 2.05) is 18.4 Å². The molecule has 0 saturated carbocycles. The maximum atomic E-state index is 4.90. The van der Waals surface area contributed by atoms with Gasteiger partial charge in [-0.2, -0.15) is 0 Å². The third-order valence-electron chi connectivity index (χ3n) is 3.84. The second-order valence-corrected chi connectivity index (χ2v) is 6.60. The molecule has 0 aliphatic carbocycles. The molecule has 0 radical (unpaired) electrons. The van der Waals surface area contributed by atoms with Crippen LogP contribution in [0.2, 0.25) is 0 Å². The maximum Gasteiger partial charge on any atom is 0.185 e. The molecule has 0 aromatic carbocycles. The maximum absolute atomic E-state index is 4.90. The highest BCUT2D eigenvalue weighted by Gasteiger charge is 2.24. The van der Waals surface area contributed by atoms with Gasteiger partial charge >= 0.3 is 0 Å². The van der Waals surface area contributed by atoms with Crippen molar-refractivity contribution in [2.45, 2.75) is 52.5 Å². The van der Waals surface area contributed by atoms with Crippen molar-refractivity contribution in [1.82, 2.24) is 10.3 Å². The van der Waals surface area contributed by atoms with E-state index in [1.54, 1.807) is 0 Å². The van der Waals surface area contributed by atoms with Crippen LogP contribution in [0.25, 0.3) is 0 Å². The van der Waals surface area contributed by atoms with Crippen molar-refractivity contribution in [3.63, 3.8) is 0 Å². The van der Waals surface area contributed by atoms with Crippen LogP contribution >= 0.6 is 11.3 Å². The monoisotopic (exact) mass is 281 g/mol. The van der Waals surface area contributed by atoms with Gasteiger partial charge in [-0.15, -0.1) is 11.3 Å². The van der Waals surface area contributed by atoms with Gasteiger partial charge in [0.25, 0.3) is 0 Å². The van der Waals surface area contributed by atoms with Crippen molar-refractivity contribution in [3.8, 4) is 0 Å². The number of nitrogens with zero attached hydrogens (tertiary/aromatic N) is 2. The minimum atomic E-state index is 0.885. The highest BCUT2D eigenvalue weighted by atomic mass is 32.1. The van der Waals surface area contributed by atoms with Gasteiger partial charge in [0.15, 0.2) is 5.13 Å². The predicted molar refractivity (Wildman–Crippen MR) is 84.1 cm³/mol. The second kappa shape index (κ2) is 7.25. The summed E-state index contributed by atoms with van der Waals surface area (Å²) >= 11 is 1.89. The fraction of sp³-hybridized carbons (Fsp3) is 0.800. The molecule has 1 aromatic rings. The lowest BCUT2D eigenvalue weighted by Gasteiger charge is -2.14. The molecule has 1 aromatic heterocycles. The van der Waals surface area contributed by atoms with Gasteiger partial charge < -0.3 is 10.2 Å². The number of nitrogens with one attached hydrogen (secondary N) is 1. The predicted octanol–water partition coefficient (Wildman–Crippen LogP) is 3.44. The average molecular weight is 281 g/mol. The lowest BCUT2D eigenvalue weighted by molar-refractivity contribution is 0.529. The molecule has 0 bridgehead atoms. The molecule has 2 heterocycles. The molecule has 1 aliphatic heterocycles. The van der Waals surface area contributed by atoms with Gasteiger partial charge in [0.2, 0.25) is 0 Å². The third-order valence-corrected chi connectivity index (χ3v) is 5.00. The Morgan fingerprint density at radius 1 is 1.37 bits per heavy atom. The normalized spacial score (nSPS) is 19.3. The number of hydrogen-bond acceptors (Lipinski definition) is 4. The van der Waals surface area contributed by atoms with Crippen LogP contribution in [0.5, 0.6) is 0 Å². The summed E-state index contributed by atoms with van der Waals surface area (Å²) in [6.07, 6.45) is 6.31. The minimum absolute atomic E-state index is 0.885. The summed E-state index contributed by atoms with van der Waals surface area (Å²) in [5.74, 6) is 0.885. The summed E-state index contributed by atoms with van der Waals surface area (Å²) in [5, 5.41) is 4.52. The van der Waals surface area contributed by atoms with E-state index in [9.17, 15) is 0 Å². The van der Waals surface area contributed by atoms with Gasteiger partial charge in [0, 0.05) is 24.5 Å². The number of aromatic nitrogens is 1. The number of anilines is 1. The molecule has 2 rings (SSSR count). The molecule has 0 amide bonds. The zero-order valence-corrected chi connectivity index (χ0v) is 13.4. The van der Waals surface area contributed by atoms with Crippen molar-refractivity contribution in [2.75, 3.05) is 25.0 Å². The first-order valence-corrected chi connectivity index (χ1v) is 8.48. The summed E-state index contributed by atoms with van der Waals surface area (Å²) in [4.78, 5) is 8.83. The average Bonchev–Trinajstić information content (AvgIpc) is 2.99. The molecule has 1 saturated heterocycles. The molecule has 1 aliphatic rings. The fourth-order valence-corrected chi connectivity index (χ4v) is 4.04. The smallest absolute Gasteiger partial charge is 0.185 e. The van der Waals surface area contributed by atoms with E-state index >= 15 is 0 Å². The lowest BCUT2D eigenvalue weighted by Crippen LogP contribution is -2.19. The molecule has 1 atom stereocenters. The van der Waals surface area contributed by atoms with Crippen LogP contribution in [0.1, 0.15) is 50.1 Å². The van der Waals surface area contributed by atoms with Crippen molar-refractivity contribution >= 4 is 16.5 Å². The van der Waals surface area contributed by atoms with E-state index in [0.717, 1.165) is 18.9 Å². The van der Waals surface area contributed by atoms with Crippen molar-refractivity contribution in [3.05, 3.63) is 10.6 Å². The molecule has 1 N–H and O–H groups in total. The minimum Gasteiger partial charge on any atom is -0.348 e. The molecular weight excluding hydrogens is 254 g/mol. The molecule has 1 fully saturated rings. The van der Waals surface area contributed by atoms with Crippen LogP contribution in [0.4, 0.5) is 5.13 Å². The Hall–Kier alpha value is -0.610. The van der Waals surface area contributed by atoms with Crippen molar-refractivity contribution in [2.24, 2.45) is 5.92 Å². The summed E-state index contributed by atoms with van der Waals surface area (Å²) < 4.78 is 0. The van der Waals surface area contributed by atoms with Crippen LogP contribution < -0.4 is 10.2 Å². The first-order valence-electron chi connectivity index (χ1n) is 7.66. The summed E-state index contributed by atoms with van der Waals surface area (Å²) in [6.45, 7) is 7.89. The van der Waals surface area contributed by atoms with Crippen LogP contribution in [0.15, 0.2) is 0 Å². The molecule has 3 nitrogen and oxygen atoms in total. The summed E-state index contributed by atoms with van der Waals surface area (Å²) in [7, 11) is 2.02. The fourth-order valence-electron chi connectivity index (χ4n) is 2.89. The molecule has 108 valence electrons. The SMILES string of the molecule is CCCc1nc(N2CCC(CCC)C2)sc1CNC. The number of rotatable bonds is 7. The highest BCUT2D eigenvalue weighted by molar-refractivity contribution is 7.15. The quantitative estimate of drug-likeness (QED) is 0.830. The van der Waals surface area contributed by atoms with Gasteiger partial charge in [-0.3, -0.25) is 0 Å². The Morgan fingerprint density at radius 3 is 2.89 bits per heavy atom. The van der Waals surface area contributed by atoms with E-state index in [-0.39, 0.29) is 0 Å². The topological polar surface area (TPSA) is 28.2 Å². The largest absolute Gasteiger partial charge is 0.348 e. The Morgan fingerprint density at radius 2 is 2.21 bits per heavy atom. The van der Waals surface area contributed by atoms with Gasteiger partial charge in [-0.1, -0.05) is 26.7 Å². The molecule has 4 heteroatoms. The molecule has 19 heavy (non-hydrogen) atoms. The van der Waals surface area contributed by atoms with Crippen LogP contribution in [0.3, 0.4) is 0 Å². The zero-order valence-electron chi connectivity index (χ0n) is 12.5. The zero-order chi connectivity index (χ0) is 13.7. The molecular formula is C15H27N3S. The van der Waals surface area contributed by atoms with Crippen LogP contribution in [0, 0.1) is 5.92 Å². The van der Waals surface area contributed by atoms with E-state index in [4.69, 9.17) is 4.98 Å². The van der Waals surface area contributed by atoms with Gasteiger partial charge in [0.05, 0.1) is 5.69 Å². The Labute approximate surface area is 121 Å². The summed E-state index contributed by atoms with van der Waals surface area (Å²) in [6, 6.07) is 0. The Kier molecular flexibility index (Phi) is 5.64. The molecule has 1 unspecified atom stereocenters. The third kappa shape index (κ3) is 3.69. The standard InChI is InChI=1S/C15H27N3S/c1-4-6-12-8-9-18(11-12)15-17-13(7-5-2)14(19-15)10-16-3/h12,16H,4-11H2,1-3H3. The van der Waals surface area contributed by atoms with E-state index in [0.29, 0.717) is 0 Å². The van der Waals surface area contributed by atoms with Crippen molar-refractivity contribution < 1.29 is 0 Å². The first-order chi connectivity index (χ1) is 9.28. The molecule has 0 spiro atoms. The Bertz CT molecular complexity index is 365. The van der Waals surface area contributed by atoms with E-state index in [2.05, 4.69) is 24.1 Å². The van der Waals surface area contributed by atoms with Gasteiger partial charge in [-0.05, 0) is 32.2 Å².